The Morgan fingerprint density at radius 2 is 1.76 bits per heavy atom. The molecule has 4 rings (SSSR count). The lowest BCUT2D eigenvalue weighted by Crippen LogP contribution is -2.47. The first-order valence-electron chi connectivity index (χ1n) is 13.5. The normalized spacial score (nSPS) is 30.0. The molecule has 0 saturated carbocycles. The van der Waals surface area contributed by atoms with Gasteiger partial charge in [-0.05, 0) is 79.9 Å². The maximum Gasteiger partial charge on any atom is 0.316 e. The van der Waals surface area contributed by atoms with Crippen molar-refractivity contribution in [2.45, 2.75) is 78.8 Å². The SMILES string of the molecule is CC[C@@H]1OC(=O)[C@@H](C)C(=O)[C@]2(CO[C@@H](c3c(C)cc(C)cc3C)O2)C/C(SC)=C/[C@@H](C)Cc2cccc1c2. The Bertz CT molecular complexity index is 1210. The van der Waals surface area contributed by atoms with Crippen molar-refractivity contribution in [1.29, 1.82) is 0 Å². The summed E-state index contributed by atoms with van der Waals surface area (Å²) in [6.07, 6.45) is 5.00. The minimum Gasteiger partial charge on any atom is -0.457 e. The van der Waals surface area contributed by atoms with Gasteiger partial charge in [-0.25, -0.2) is 0 Å². The molecule has 0 amide bonds. The number of esters is 1. The fourth-order valence-corrected chi connectivity index (χ4v) is 6.52. The van der Waals surface area contributed by atoms with E-state index in [0.29, 0.717) is 12.8 Å². The largest absolute Gasteiger partial charge is 0.457 e. The summed E-state index contributed by atoms with van der Waals surface area (Å²) in [4.78, 5) is 28.5. The van der Waals surface area contributed by atoms with Gasteiger partial charge < -0.3 is 14.2 Å². The van der Waals surface area contributed by atoms with Gasteiger partial charge in [0, 0.05) is 12.0 Å². The van der Waals surface area contributed by atoms with Gasteiger partial charge in [0.1, 0.15) is 12.0 Å². The van der Waals surface area contributed by atoms with Crippen molar-refractivity contribution in [2.24, 2.45) is 11.8 Å². The summed E-state index contributed by atoms with van der Waals surface area (Å²) in [5, 5.41) is 0. The van der Waals surface area contributed by atoms with E-state index in [1.807, 2.05) is 39.2 Å². The number of Topliss-reactive ketones (excluding diaryl/α,β-unsaturated/α-hetero) is 1. The van der Waals surface area contributed by atoms with E-state index < -0.39 is 29.9 Å². The third kappa shape index (κ3) is 5.93. The van der Waals surface area contributed by atoms with Crippen LogP contribution in [-0.2, 0) is 30.2 Å². The molecule has 0 aliphatic carbocycles. The van der Waals surface area contributed by atoms with Crippen LogP contribution in [0.1, 0.15) is 79.4 Å². The lowest BCUT2D eigenvalue weighted by molar-refractivity contribution is -0.164. The lowest BCUT2D eigenvalue weighted by atomic mass is 9.86. The Hall–Kier alpha value is -2.41. The minimum absolute atomic E-state index is 0.0867. The lowest BCUT2D eigenvalue weighted by Gasteiger charge is -2.30. The van der Waals surface area contributed by atoms with E-state index in [4.69, 9.17) is 14.2 Å². The number of benzene rings is 2. The molecule has 1 spiro atoms. The Balaban J connectivity index is 1.75. The molecular formula is C32H40O5S. The van der Waals surface area contributed by atoms with Gasteiger partial charge >= 0.3 is 5.97 Å². The van der Waals surface area contributed by atoms with Gasteiger partial charge in [0.25, 0.3) is 0 Å². The van der Waals surface area contributed by atoms with Crippen molar-refractivity contribution in [1.82, 2.24) is 0 Å². The van der Waals surface area contributed by atoms with E-state index >= 15 is 0 Å². The van der Waals surface area contributed by atoms with Gasteiger partial charge in [-0.2, -0.15) is 0 Å². The van der Waals surface area contributed by atoms with Gasteiger partial charge in [0.15, 0.2) is 17.7 Å². The van der Waals surface area contributed by atoms with Gasteiger partial charge in [-0.1, -0.05) is 61.9 Å². The van der Waals surface area contributed by atoms with Crippen LogP contribution >= 0.6 is 11.8 Å². The fraction of sp³-hybridized carbons (Fsp3) is 0.500. The molecule has 0 radical (unpaired) electrons. The second-order valence-corrected chi connectivity index (χ2v) is 11.9. The third-order valence-electron chi connectivity index (χ3n) is 7.67. The number of ether oxygens (including phenoxy) is 3. The molecule has 2 aromatic rings. The van der Waals surface area contributed by atoms with Crippen molar-refractivity contribution < 1.29 is 23.8 Å². The number of fused-ring (bicyclic) bond motifs is 2. The molecular weight excluding hydrogens is 496 g/mol. The van der Waals surface area contributed by atoms with Crippen LogP contribution in [0.25, 0.3) is 0 Å². The minimum atomic E-state index is -1.28. The van der Waals surface area contributed by atoms with E-state index in [0.717, 1.165) is 33.6 Å². The van der Waals surface area contributed by atoms with Crippen molar-refractivity contribution in [3.63, 3.8) is 0 Å². The van der Waals surface area contributed by atoms with E-state index in [1.54, 1.807) is 18.7 Å². The van der Waals surface area contributed by atoms with Crippen molar-refractivity contribution >= 4 is 23.5 Å². The number of hydrogen-bond donors (Lipinski definition) is 0. The number of carbonyl (C=O) groups excluding carboxylic acids is 2. The van der Waals surface area contributed by atoms with Gasteiger partial charge in [0.2, 0.25) is 0 Å². The predicted octanol–water partition coefficient (Wildman–Crippen LogP) is 7.12. The monoisotopic (exact) mass is 536 g/mol. The van der Waals surface area contributed by atoms with Crippen molar-refractivity contribution in [3.05, 3.63) is 80.8 Å². The molecule has 0 unspecified atom stereocenters. The number of carbonyl (C=O) groups is 2. The predicted molar refractivity (Wildman–Crippen MR) is 152 cm³/mol. The molecule has 0 aromatic heterocycles. The summed E-state index contributed by atoms with van der Waals surface area (Å²) in [6.45, 7) is 12.0. The van der Waals surface area contributed by atoms with Crippen LogP contribution in [0.5, 0.6) is 0 Å². The highest BCUT2D eigenvalue weighted by Gasteiger charge is 2.52. The maximum absolute atomic E-state index is 14.1. The van der Waals surface area contributed by atoms with Crippen LogP contribution in [0.2, 0.25) is 0 Å². The topological polar surface area (TPSA) is 61.8 Å². The first-order valence-corrected chi connectivity index (χ1v) is 14.7. The summed E-state index contributed by atoms with van der Waals surface area (Å²) in [6, 6.07) is 12.4. The highest BCUT2D eigenvalue weighted by atomic mass is 32.2. The van der Waals surface area contributed by atoms with Crippen LogP contribution < -0.4 is 0 Å². The molecule has 2 bridgehead atoms. The molecule has 1 fully saturated rings. The quantitative estimate of drug-likeness (QED) is 0.307. The molecule has 2 aromatic carbocycles. The highest BCUT2D eigenvalue weighted by molar-refractivity contribution is 8.02. The second kappa shape index (κ2) is 11.8. The third-order valence-corrected chi connectivity index (χ3v) is 8.48. The standard InChI is InChI=1S/C32H40O5S/c1-8-27-25-11-9-10-24(16-25)14-20(3)15-26(38-7)17-32(29(33)23(6)30(34)36-27)18-35-31(37-32)28-21(4)12-19(2)13-22(28)5/h9-13,15-16,20,23,27,31H,8,14,17-18H2,1-7H3/b26-15-/t20-,23-,27-,31+,32+/m0/s1. The van der Waals surface area contributed by atoms with E-state index in [1.165, 1.54) is 11.1 Å². The summed E-state index contributed by atoms with van der Waals surface area (Å²) < 4.78 is 18.8. The molecule has 38 heavy (non-hydrogen) atoms. The van der Waals surface area contributed by atoms with Crippen LogP contribution in [-0.4, -0.2) is 30.2 Å². The number of rotatable bonds is 3. The number of aryl methyl sites for hydroxylation is 3. The summed E-state index contributed by atoms with van der Waals surface area (Å²) in [5.74, 6) is -1.55. The second-order valence-electron chi connectivity index (χ2n) is 10.9. The highest BCUT2D eigenvalue weighted by Crippen LogP contribution is 2.43. The smallest absolute Gasteiger partial charge is 0.316 e. The first-order chi connectivity index (χ1) is 18.1. The Morgan fingerprint density at radius 3 is 2.42 bits per heavy atom. The first kappa shape index (κ1) is 28.6. The molecule has 5 atom stereocenters. The average molecular weight is 537 g/mol. The zero-order chi connectivity index (χ0) is 27.6. The number of ketones is 1. The van der Waals surface area contributed by atoms with Crippen molar-refractivity contribution in [2.75, 3.05) is 12.9 Å². The van der Waals surface area contributed by atoms with Gasteiger partial charge in [-0.15, -0.1) is 11.8 Å². The molecule has 204 valence electrons. The van der Waals surface area contributed by atoms with Crippen LogP contribution in [0.4, 0.5) is 0 Å². The van der Waals surface area contributed by atoms with Gasteiger partial charge in [0.05, 0.1) is 6.61 Å². The van der Waals surface area contributed by atoms with E-state index in [9.17, 15) is 9.59 Å². The van der Waals surface area contributed by atoms with Crippen LogP contribution in [0, 0.1) is 32.6 Å². The molecule has 0 N–H and O–H groups in total. The number of cyclic esters (lactones) is 1. The summed E-state index contributed by atoms with van der Waals surface area (Å²) in [5.41, 5.74) is 5.11. The molecule has 6 heteroatoms. The average Bonchev–Trinajstić information content (AvgIpc) is 3.29. The zero-order valence-corrected chi connectivity index (χ0v) is 24.4. The molecule has 2 aliphatic rings. The van der Waals surface area contributed by atoms with E-state index in [-0.39, 0.29) is 18.3 Å². The fourth-order valence-electron chi connectivity index (χ4n) is 5.78. The molecule has 2 heterocycles. The Labute approximate surface area is 231 Å². The molecule has 1 saturated heterocycles. The summed E-state index contributed by atoms with van der Waals surface area (Å²) in [7, 11) is 0. The molecule has 5 nitrogen and oxygen atoms in total. The Kier molecular flexibility index (Phi) is 8.85. The van der Waals surface area contributed by atoms with Crippen molar-refractivity contribution in [3.8, 4) is 0 Å². The number of thioether (sulfide) groups is 1. The number of allylic oxidation sites excluding steroid dienone is 1. The summed E-state index contributed by atoms with van der Waals surface area (Å²) >= 11 is 1.62. The van der Waals surface area contributed by atoms with Crippen LogP contribution in [0.3, 0.4) is 0 Å². The molecule has 2 aliphatic heterocycles. The van der Waals surface area contributed by atoms with Gasteiger partial charge in [-0.3, -0.25) is 9.59 Å². The zero-order valence-electron chi connectivity index (χ0n) is 23.6. The van der Waals surface area contributed by atoms with Crippen LogP contribution in [0.15, 0.2) is 47.4 Å². The number of hydrogen-bond acceptors (Lipinski definition) is 6. The maximum atomic E-state index is 14.1. The van der Waals surface area contributed by atoms with E-state index in [2.05, 4.69) is 44.2 Å². The Morgan fingerprint density at radius 1 is 1.05 bits per heavy atom.